The number of hydrogen-bond acceptors (Lipinski definition) is 6. The van der Waals surface area contributed by atoms with Gasteiger partial charge in [-0.25, -0.2) is 27.9 Å². The van der Waals surface area contributed by atoms with Gasteiger partial charge in [-0.1, -0.05) is 19.1 Å². The summed E-state index contributed by atoms with van der Waals surface area (Å²) in [5.41, 5.74) is 8.69. The number of nitrogens with one attached hydrogen (secondary N) is 2. The number of nitrogen functional groups attached to an aromatic ring is 1. The van der Waals surface area contributed by atoms with Crippen LogP contribution in [-0.2, 0) is 6.54 Å². The maximum atomic E-state index is 15.2. The molecule has 0 radical (unpaired) electrons. The Labute approximate surface area is 247 Å². The molecule has 1 saturated heterocycles. The Hall–Kier alpha value is -4.16. The Balaban J connectivity index is 1.13. The van der Waals surface area contributed by atoms with Crippen molar-refractivity contribution in [2.24, 2.45) is 0 Å². The molecule has 2 aliphatic rings. The van der Waals surface area contributed by atoms with Gasteiger partial charge in [0.15, 0.2) is 0 Å². The van der Waals surface area contributed by atoms with Crippen molar-refractivity contribution < 1.29 is 18.0 Å². The molecule has 9 nitrogen and oxygen atoms in total. The largest absolute Gasteiger partial charge is 0.383 e. The van der Waals surface area contributed by atoms with E-state index >= 15 is 4.39 Å². The average molecular weight is 593 g/mol. The van der Waals surface area contributed by atoms with Gasteiger partial charge in [-0.2, -0.15) is 0 Å². The van der Waals surface area contributed by atoms with E-state index in [1.54, 1.807) is 18.2 Å². The number of fused-ring (bicyclic) bond motifs is 1. The molecule has 2 amide bonds. The molecule has 0 bridgehead atoms. The van der Waals surface area contributed by atoms with Crippen LogP contribution in [-0.4, -0.2) is 63.1 Å². The molecule has 1 aliphatic heterocycles. The highest BCUT2D eigenvalue weighted by atomic mass is 19.3. The lowest BCUT2D eigenvalue weighted by atomic mass is 10.1. The van der Waals surface area contributed by atoms with E-state index < -0.39 is 18.3 Å². The van der Waals surface area contributed by atoms with Gasteiger partial charge in [-0.15, -0.1) is 0 Å². The minimum absolute atomic E-state index is 0.0516. The molecule has 2 aromatic heterocycles. The number of urea groups is 1. The molecule has 1 saturated carbocycles. The lowest BCUT2D eigenvalue weighted by Gasteiger charge is -2.34. The van der Waals surface area contributed by atoms with E-state index in [4.69, 9.17) is 5.73 Å². The predicted octanol–water partition coefficient (Wildman–Crippen LogP) is 6.26. The quantitative estimate of drug-likeness (QED) is 0.212. The summed E-state index contributed by atoms with van der Waals surface area (Å²) in [6.07, 6.45) is 3.80. The van der Waals surface area contributed by atoms with Gasteiger partial charge < -0.3 is 25.8 Å². The van der Waals surface area contributed by atoms with Crippen LogP contribution in [0.1, 0.15) is 49.8 Å². The fourth-order valence-corrected chi connectivity index (χ4v) is 5.77. The number of rotatable bonds is 9. The van der Waals surface area contributed by atoms with E-state index in [1.807, 2.05) is 10.8 Å². The van der Waals surface area contributed by atoms with Gasteiger partial charge >= 0.3 is 6.03 Å². The number of halogens is 3. The molecular formula is C31H35F3N8O. The van der Waals surface area contributed by atoms with Crippen LogP contribution in [0.3, 0.4) is 0 Å². The molecule has 12 heteroatoms. The second-order valence-electron chi connectivity index (χ2n) is 11.2. The zero-order valence-electron chi connectivity index (χ0n) is 24.0. The van der Waals surface area contributed by atoms with Crippen LogP contribution in [0.2, 0.25) is 0 Å². The summed E-state index contributed by atoms with van der Waals surface area (Å²) in [5.74, 6) is -0.344. The standard InChI is InChI=1S/C31H35F3N8O/c1-2-9-40-10-12-41(13-11-40)16-20-3-5-21(15-23(20)28(33)34)38-31(43)39-26-8-4-19(14-25(26)32)24-17-42(22-6-7-22)30-27(24)29(35)36-18-37-30/h3-5,8,14-15,17-18,22,28H,2,6-7,9-13,16H2,1H3,(H2,35,36,37)(H2,38,39,43). The minimum atomic E-state index is -2.70. The molecule has 4 aromatic rings. The highest BCUT2D eigenvalue weighted by Crippen LogP contribution is 2.42. The van der Waals surface area contributed by atoms with Crippen LogP contribution in [0.5, 0.6) is 0 Å². The van der Waals surface area contributed by atoms with Crippen LogP contribution in [0, 0.1) is 5.82 Å². The van der Waals surface area contributed by atoms with Gasteiger partial charge in [0.25, 0.3) is 6.43 Å². The fourth-order valence-electron chi connectivity index (χ4n) is 5.77. The van der Waals surface area contributed by atoms with Gasteiger partial charge in [0, 0.05) is 61.8 Å². The molecule has 1 aliphatic carbocycles. The minimum Gasteiger partial charge on any atom is -0.383 e. The number of piperazine rings is 1. The summed E-state index contributed by atoms with van der Waals surface area (Å²) in [5, 5.41) is 5.70. The number of nitrogens with two attached hydrogens (primary N) is 1. The van der Waals surface area contributed by atoms with Crippen LogP contribution >= 0.6 is 0 Å². The van der Waals surface area contributed by atoms with Crippen molar-refractivity contribution in [3.8, 4) is 11.1 Å². The maximum absolute atomic E-state index is 15.2. The molecule has 43 heavy (non-hydrogen) atoms. The number of nitrogens with zero attached hydrogens (tertiary/aromatic N) is 5. The number of benzene rings is 2. The van der Waals surface area contributed by atoms with Gasteiger partial charge in [-0.05, 0) is 61.2 Å². The van der Waals surface area contributed by atoms with Gasteiger partial charge in [0.2, 0.25) is 0 Å². The van der Waals surface area contributed by atoms with Gasteiger partial charge in [0.05, 0.1) is 11.1 Å². The van der Waals surface area contributed by atoms with E-state index in [0.717, 1.165) is 52.0 Å². The Kier molecular flexibility index (Phi) is 8.22. The first-order chi connectivity index (χ1) is 20.8. The Bertz CT molecular complexity index is 1630. The number of alkyl halides is 2. The number of carbonyl (C=O) groups excluding carboxylic acids is 1. The lowest BCUT2D eigenvalue weighted by Crippen LogP contribution is -2.46. The fraction of sp³-hybridized carbons (Fsp3) is 0.387. The molecule has 2 fully saturated rings. The molecule has 0 atom stereocenters. The maximum Gasteiger partial charge on any atom is 0.323 e. The monoisotopic (exact) mass is 592 g/mol. The van der Waals surface area contributed by atoms with Gasteiger partial charge in [-0.3, -0.25) is 4.90 Å². The van der Waals surface area contributed by atoms with Crippen molar-refractivity contribution in [2.45, 2.75) is 45.2 Å². The Morgan fingerprint density at radius 3 is 2.51 bits per heavy atom. The normalized spacial score (nSPS) is 16.2. The number of amides is 2. The van der Waals surface area contributed by atoms with E-state index in [2.05, 4.69) is 37.3 Å². The van der Waals surface area contributed by atoms with Crippen molar-refractivity contribution in [3.63, 3.8) is 0 Å². The van der Waals surface area contributed by atoms with E-state index in [9.17, 15) is 13.6 Å². The van der Waals surface area contributed by atoms with Crippen LogP contribution in [0.4, 0.5) is 35.2 Å². The van der Waals surface area contributed by atoms with Crippen molar-refractivity contribution >= 4 is 34.3 Å². The second kappa shape index (κ2) is 12.2. The highest BCUT2D eigenvalue weighted by molar-refractivity contribution is 6.02. The summed E-state index contributed by atoms with van der Waals surface area (Å²) >= 11 is 0. The van der Waals surface area contributed by atoms with E-state index in [1.165, 1.54) is 24.5 Å². The van der Waals surface area contributed by atoms with Crippen LogP contribution in [0.25, 0.3) is 22.2 Å². The van der Waals surface area contributed by atoms with E-state index in [0.29, 0.717) is 46.1 Å². The Morgan fingerprint density at radius 1 is 1.05 bits per heavy atom. The summed E-state index contributed by atoms with van der Waals surface area (Å²) in [4.78, 5) is 25.8. The summed E-state index contributed by atoms with van der Waals surface area (Å²) in [6, 6.07) is 8.56. The first-order valence-electron chi connectivity index (χ1n) is 14.6. The molecule has 6 rings (SSSR count). The van der Waals surface area contributed by atoms with Crippen molar-refractivity contribution in [2.75, 3.05) is 49.1 Å². The second-order valence-corrected chi connectivity index (χ2v) is 11.2. The van der Waals surface area contributed by atoms with Gasteiger partial charge in [0.1, 0.15) is 23.6 Å². The van der Waals surface area contributed by atoms with Crippen LogP contribution < -0.4 is 16.4 Å². The van der Waals surface area contributed by atoms with E-state index in [-0.39, 0.29) is 16.9 Å². The zero-order chi connectivity index (χ0) is 30.1. The lowest BCUT2D eigenvalue weighted by molar-refractivity contribution is 0.122. The number of hydrogen-bond donors (Lipinski definition) is 3. The molecule has 2 aromatic carbocycles. The third-order valence-electron chi connectivity index (χ3n) is 8.14. The molecule has 3 heterocycles. The SMILES string of the molecule is CCCN1CCN(Cc2ccc(NC(=O)Nc3ccc(-c4cn(C5CC5)c5ncnc(N)c45)cc3F)cc2C(F)F)CC1. The molecular weight excluding hydrogens is 557 g/mol. The first kappa shape index (κ1) is 28.9. The summed E-state index contributed by atoms with van der Waals surface area (Å²) < 4.78 is 45.2. The first-order valence-corrected chi connectivity index (χ1v) is 14.6. The summed E-state index contributed by atoms with van der Waals surface area (Å²) in [6.45, 7) is 7.08. The smallest absolute Gasteiger partial charge is 0.323 e. The van der Waals surface area contributed by atoms with Crippen molar-refractivity contribution in [1.82, 2.24) is 24.3 Å². The van der Waals surface area contributed by atoms with Crippen molar-refractivity contribution in [1.29, 1.82) is 0 Å². The highest BCUT2D eigenvalue weighted by Gasteiger charge is 2.28. The molecule has 226 valence electrons. The Morgan fingerprint density at radius 2 is 1.81 bits per heavy atom. The predicted molar refractivity (Wildman–Crippen MR) is 162 cm³/mol. The third kappa shape index (κ3) is 6.30. The molecule has 0 spiro atoms. The number of carbonyl (C=O) groups is 1. The average Bonchev–Trinajstić information content (AvgIpc) is 3.76. The van der Waals surface area contributed by atoms with Crippen molar-refractivity contribution in [3.05, 3.63) is 65.9 Å². The third-order valence-corrected chi connectivity index (χ3v) is 8.14. The number of aromatic nitrogens is 3. The topological polar surface area (TPSA) is 104 Å². The van der Waals surface area contributed by atoms with Crippen LogP contribution in [0.15, 0.2) is 48.9 Å². The zero-order valence-corrected chi connectivity index (χ0v) is 24.0. The number of anilines is 3. The molecule has 0 unspecified atom stereocenters. The molecule has 4 N–H and O–H groups in total. The summed E-state index contributed by atoms with van der Waals surface area (Å²) in [7, 11) is 0.